The Kier molecular flexibility index (Phi) is 5.00. The molecule has 0 bridgehead atoms. The van der Waals surface area contributed by atoms with Crippen molar-refractivity contribution in [3.63, 3.8) is 0 Å². The number of carboxylic acids is 1. The summed E-state index contributed by atoms with van der Waals surface area (Å²) < 4.78 is 5.05. The van der Waals surface area contributed by atoms with Gasteiger partial charge in [-0.05, 0) is 51.0 Å². The first kappa shape index (κ1) is 16.3. The van der Waals surface area contributed by atoms with Gasteiger partial charge in [0.1, 0.15) is 5.60 Å². The van der Waals surface area contributed by atoms with Crippen LogP contribution in [0, 0.1) is 6.92 Å². The molecule has 6 heteroatoms. The monoisotopic (exact) mass is 299 g/mol. The van der Waals surface area contributed by atoms with Crippen molar-refractivity contribution in [2.45, 2.75) is 39.3 Å². The van der Waals surface area contributed by atoms with Crippen LogP contribution in [0.4, 0.5) is 4.79 Å². The van der Waals surface area contributed by atoms with Crippen molar-refractivity contribution in [1.29, 1.82) is 0 Å². The lowest BCUT2D eigenvalue weighted by Gasteiger charge is -2.22. The van der Waals surface area contributed by atoms with Crippen molar-refractivity contribution in [3.05, 3.63) is 34.3 Å². The van der Waals surface area contributed by atoms with E-state index in [9.17, 15) is 14.7 Å². The number of hydrogen-bond acceptors (Lipinski definition) is 3. The molecule has 110 valence electrons. The highest BCUT2D eigenvalue weighted by atomic mass is 35.5. The standard InChI is InChI=1S/C14H18ClNO4/c1-8-5-9(7-10(15)6-8)11(12(17)18)16-13(19)20-14(2,3)4/h5-7,11H,1-4H3,(H,16,19)(H,17,18). The lowest BCUT2D eigenvalue weighted by molar-refractivity contribution is -0.139. The summed E-state index contributed by atoms with van der Waals surface area (Å²) in [5.41, 5.74) is 0.510. The summed E-state index contributed by atoms with van der Waals surface area (Å²) in [6.07, 6.45) is -0.789. The Morgan fingerprint density at radius 1 is 1.30 bits per heavy atom. The number of halogens is 1. The maximum Gasteiger partial charge on any atom is 0.408 e. The van der Waals surface area contributed by atoms with Gasteiger partial charge in [-0.25, -0.2) is 9.59 Å². The normalized spacial score (nSPS) is 12.7. The molecule has 0 saturated carbocycles. The van der Waals surface area contributed by atoms with Crippen molar-refractivity contribution < 1.29 is 19.4 Å². The minimum Gasteiger partial charge on any atom is -0.479 e. The van der Waals surface area contributed by atoms with E-state index < -0.39 is 23.7 Å². The Balaban J connectivity index is 2.95. The highest BCUT2D eigenvalue weighted by Crippen LogP contribution is 2.21. The van der Waals surface area contributed by atoms with E-state index in [2.05, 4.69) is 5.32 Å². The fraction of sp³-hybridized carbons (Fsp3) is 0.429. The molecular weight excluding hydrogens is 282 g/mol. The summed E-state index contributed by atoms with van der Waals surface area (Å²) in [6, 6.07) is 3.66. The zero-order chi connectivity index (χ0) is 15.5. The number of aliphatic carboxylic acids is 1. The summed E-state index contributed by atoms with van der Waals surface area (Å²) in [5, 5.41) is 12.0. The molecule has 0 saturated heterocycles. The summed E-state index contributed by atoms with van der Waals surface area (Å²) in [4.78, 5) is 23.0. The van der Waals surface area contributed by atoms with Crippen molar-refractivity contribution in [2.75, 3.05) is 0 Å². The van der Waals surface area contributed by atoms with Gasteiger partial charge in [0.2, 0.25) is 0 Å². The molecule has 5 nitrogen and oxygen atoms in total. The molecule has 0 aliphatic carbocycles. The largest absolute Gasteiger partial charge is 0.479 e. The predicted octanol–water partition coefficient (Wildman–Crippen LogP) is 3.30. The van der Waals surface area contributed by atoms with Crippen molar-refractivity contribution in [3.8, 4) is 0 Å². The topological polar surface area (TPSA) is 75.6 Å². The van der Waals surface area contributed by atoms with E-state index in [1.807, 2.05) is 0 Å². The fourth-order valence-electron chi connectivity index (χ4n) is 1.64. The number of benzene rings is 1. The molecule has 1 amide bonds. The van der Waals surface area contributed by atoms with E-state index in [0.717, 1.165) is 5.56 Å². The number of nitrogens with one attached hydrogen (secondary N) is 1. The highest BCUT2D eigenvalue weighted by Gasteiger charge is 2.25. The minimum absolute atomic E-state index is 0.397. The third-order valence-corrected chi connectivity index (χ3v) is 2.52. The van der Waals surface area contributed by atoms with Crippen LogP contribution in [0.15, 0.2) is 18.2 Å². The fourth-order valence-corrected chi connectivity index (χ4v) is 1.94. The van der Waals surface area contributed by atoms with Crippen LogP contribution in [0.25, 0.3) is 0 Å². The van der Waals surface area contributed by atoms with Crippen LogP contribution >= 0.6 is 11.6 Å². The number of amides is 1. The van der Waals surface area contributed by atoms with Crippen LogP contribution in [0.1, 0.15) is 37.9 Å². The van der Waals surface area contributed by atoms with Crippen LogP contribution in [0.2, 0.25) is 5.02 Å². The quantitative estimate of drug-likeness (QED) is 0.898. The van der Waals surface area contributed by atoms with Crippen molar-refractivity contribution in [1.82, 2.24) is 5.32 Å². The van der Waals surface area contributed by atoms with Gasteiger partial charge >= 0.3 is 12.1 Å². The third-order valence-electron chi connectivity index (χ3n) is 2.31. The molecule has 1 atom stereocenters. The first-order valence-electron chi connectivity index (χ1n) is 6.08. The van der Waals surface area contributed by atoms with E-state index in [1.54, 1.807) is 39.8 Å². The molecule has 1 unspecified atom stereocenters. The van der Waals surface area contributed by atoms with Gasteiger partial charge in [-0.3, -0.25) is 0 Å². The summed E-state index contributed by atoms with van der Waals surface area (Å²) in [5.74, 6) is -1.18. The molecule has 0 aliphatic heterocycles. The van der Waals surface area contributed by atoms with Gasteiger partial charge in [0.15, 0.2) is 6.04 Å². The smallest absolute Gasteiger partial charge is 0.408 e. The average molecular weight is 300 g/mol. The molecule has 0 fully saturated rings. The Hall–Kier alpha value is -1.75. The molecule has 0 spiro atoms. The third kappa shape index (κ3) is 5.09. The van der Waals surface area contributed by atoms with Crippen LogP contribution < -0.4 is 5.32 Å². The first-order chi connectivity index (χ1) is 9.08. The molecule has 1 rings (SSSR count). The average Bonchev–Trinajstić information content (AvgIpc) is 2.21. The van der Waals surface area contributed by atoms with Crippen molar-refractivity contribution >= 4 is 23.7 Å². The number of rotatable bonds is 3. The van der Waals surface area contributed by atoms with Gasteiger partial charge in [-0.2, -0.15) is 0 Å². The summed E-state index contributed by atoms with van der Waals surface area (Å²) in [6.45, 7) is 6.89. The van der Waals surface area contributed by atoms with E-state index in [4.69, 9.17) is 16.3 Å². The molecular formula is C14H18ClNO4. The lowest BCUT2D eigenvalue weighted by atomic mass is 10.0. The predicted molar refractivity (Wildman–Crippen MR) is 75.9 cm³/mol. The number of carbonyl (C=O) groups excluding carboxylic acids is 1. The Morgan fingerprint density at radius 2 is 1.90 bits per heavy atom. The summed E-state index contributed by atoms with van der Waals surface area (Å²) in [7, 11) is 0. The second-order valence-electron chi connectivity index (χ2n) is 5.48. The summed E-state index contributed by atoms with van der Waals surface area (Å²) >= 11 is 5.91. The lowest BCUT2D eigenvalue weighted by Crippen LogP contribution is -2.38. The zero-order valence-electron chi connectivity index (χ0n) is 11.9. The number of aryl methyl sites for hydroxylation is 1. The molecule has 1 aromatic rings. The first-order valence-corrected chi connectivity index (χ1v) is 6.46. The second-order valence-corrected chi connectivity index (χ2v) is 5.92. The van der Waals surface area contributed by atoms with Gasteiger partial charge in [0.05, 0.1) is 0 Å². The maximum atomic E-state index is 11.7. The maximum absolute atomic E-state index is 11.7. The van der Waals surface area contributed by atoms with E-state index in [0.29, 0.717) is 10.6 Å². The molecule has 1 aromatic carbocycles. The Bertz CT molecular complexity index is 502. The molecule has 0 heterocycles. The molecule has 0 aliphatic rings. The van der Waals surface area contributed by atoms with E-state index in [1.165, 1.54) is 6.07 Å². The zero-order valence-corrected chi connectivity index (χ0v) is 12.6. The number of carbonyl (C=O) groups is 2. The number of hydrogen-bond donors (Lipinski definition) is 2. The number of alkyl carbamates (subject to hydrolysis) is 1. The van der Waals surface area contributed by atoms with Gasteiger partial charge < -0.3 is 15.2 Å². The van der Waals surface area contributed by atoms with Crippen molar-refractivity contribution in [2.24, 2.45) is 0 Å². The number of ether oxygens (including phenoxy) is 1. The van der Waals surface area contributed by atoms with Crippen LogP contribution in [-0.4, -0.2) is 22.8 Å². The molecule has 0 radical (unpaired) electrons. The van der Waals surface area contributed by atoms with E-state index >= 15 is 0 Å². The van der Waals surface area contributed by atoms with Crippen LogP contribution in [-0.2, 0) is 9.53 Å². The molecule has 2 N–H and O–H groups in total. The van der Waals surface area contributed by atoms with Crippen LogP contribution in [0.3, 0.4) is 0 Å². The Morgan fingerprint density at radius 3 is 2.35 bits per heavy atom. The SMILES string of the molecule is Cc1cc(Cl)cc(C(NC(=O)OC(C)(C)C)C(=O)O)c1. The molecule has 0 aromatic heterocycles. The second kappa shape index (κ2) is 6.13. The Labute approximate surface area is 122 Å². The van der Waals surface area contributed by atoms with Gasteiger partial charge in [0.25, 0.3) is 0 Å². The molecule has 20 heavy (non-hydrogen) atoms. The van der Waals surface area contributed by atoms with Gasteiger partial charge in [-0.15, -0.1) is 0 Å². The van der Waals surface area contributed by atoms with E-state index in [-0.39, 0.29) is 0 Å². The number of carboxylic acid groups (broad SMARTS) is 1. The van der Waals surface area contributed by atoms with Gasteiger partial charge in [-0.1, -0.05) is 17.7 Å². The minimum atomic E-state index is -1.21. The highest BCUT2D eigenvalue weighted by molar-refractivity contribution is 6.30. The van der Waals surface area contributed by atoms with Gasteiger partial charge in [0, 0.05) is 5.02 Å². The van der Waals surface area contributed by atoms with Crippen LogP contribution in [0.5, 0.6) is 0 Å².